The number of likely N-dealkylation sites (N-methyl/N-ethyl adjacent to an activating group) is 1. The van der Waals surface area contributed by atoms with Crippen LogP contribution in [0, 0.1) is 0 Å². The second-order valence-corrected chi connectivity index (χ2v) is 7.77. The zero-order valence-corrected chi connectivity index (χ0v) is 18.5. The van der Waals surface area contributed by atoms with E-state index in [1.807, 2.05) is 51.1 Å². The van der Waals surface area contributed by atoms with Gasteiger partial charge in [0.25, 0.3) is 5.91 Å². The summed E-state index contributed by atoms with van der Waals surface area (Å²) in [6.45, 7) is 6.58. The van der Waals surface area contributed by atoms with Crippen LogP contribution in [0.5, 0.6) is 5.75 Å². The van der Waals surface area contributed by atoms with E-state index in [-0.39, 0.29) is 37.0 Å². The van der Waals surface area contributed by atoms with E-state index < -0.39 is 0 Å². The molecular weight excluding hydrogens is 396 g/mol. The van der Waals surface area contributed by atoms with Crippen molar-refractivity contribution in [2.45, 2.75) is 39.3 Å². The molecule has 1 aliphatic heterocycles. The number of carbonyl (C=O) groups is 2. The number of carbonyl (C=O) groups excluding carboxylic acids is 2. The number of hydrogen-bond donors (Lipinski definition) is 1. The lowest BCUT2D eigenvalue weighted by atomic mass is 10.0. The average Bonchev–Trinajstić information content (AvgIpc) is 3.42. The van der Waals surface area contributed by atoms with Crippen molar-refractivity contribution in [2.24, 2.45) is 5.10 Å². The van der Waals surface area contributed by atoms with Crippen molar-refractivity contribution in [3.63, 3.8) is 0 Å². The number of hydrogen-bond acceptors (Lipinski definition) is 6. The van der Waals surface area contributed by atoms with Crippen LogP contribution >= 0.6 is 0 Å². The molecule has 1 aromatic carbocycles. The molecule has 0 saturated carbocycles. The first kappa shape index (κ1) is 22.6. The van der Waals surface area contributed by atoms with Gasteiger partial charge in [0.05, 0.1) is 32.2 Å². The van der Waals surface area contributed by atoms with Crippen LogP contribution in [0.3, 0.4) is 0 Å². The van der Waals surface area contributed by atoms with Gasteiger partial charge in [0, 0.05) is 12.5 Å². The monoisotopic (exact) mass is 426 g/mol. The van der Waals surface area contributed by atoms with Gasteiger partial charge in [-0.1, -0.05) is 6.92 Å². The van der Waals surface area contributed by atoms with Crippen LogP contribution in [-0.2, 0) is 9.59 Å². The molecule has 1 N–H and O–H groups in total. The molecule has 3 rings (SSSR count). The van der Waals surface area contributed by atoms with Crippen molar-refractivity contribution in [3.8, 4) is 5.75 Å². The minimum Gasteiger partial charge on any atom is -0.497 e. The van der Waals surface area contributed by atoms with E-state index in [0.717, 1.165) is 17.0 Å². The molecule has 166 valence electrons. The van der Waals surface area contributed by atoms with E-state index >= 15 is 0 Å². The van der Waals surface area contributed by atoms with Crippen molar-refractivity contribution in [1.82, 2.24) is 15.2 Å². The Morgan fingerprint density at radius 3 is 2.58 bits per heavy atom. The number of hydrazone groups is 1. The third-order valence-electron chi connectivity index (χ3n) is 5.08. The summed E-state index contributed by atoms with van der Waals surface area (Å²) < 4.78 is 10.8. The highest BCUT2D eigenvalue weighted by Crippen LogP contribution is 2.33. The second-order valence-electron chi connectivity index (χ2n) is 7.77. The number of furan rings is 1. The van der Waals surface area contributed by atoms with Crippen molar-refractivity contribution in [1.29, 1.82) is 0 Å². The van der Waals surface area contributed by atoms with Crippen LogP contribution in [0.1, 0.15) is 44.6 Å². The molecule has 0 bridgehead atoms. The first-order chi connectivity index (χ1) is 14.9. The fraction of sp³-hybridized carbons (Fsp3) is 0.435. The summed E-state index contributed by atoms with van der Waals surface area (Å²) in [5.41, 5.74) is 1.73. The molecule has 1 aromatic heterocycles. The highest BCUT2D eigenvalue weighted by molar-refractivity contribution is 6.03. The third-order valence-corrected chi connectivity index (χ3v) is 5.08. The van der Waals surface area contributed by atoms with Gasteiger partial charge < -0.3 is 14.5 Å². The van der Waals surface area contributed by atoms with Crippen LogP contribution in [-0.4, -0.2) is 60.2 Å². The number of rotatable bonds is 9. The second kappa shape index (κ2) is 10.3. The summed E-state index contributed by atoms with van der Waals surface area (Å²) in [5, 5.41) is 8.99. The summed E-state index contributed by atoms with van der Waals surface area (Å²) in [5.74, 6) is 1.16. The number of amides is 2. The van der Waals surface area contributed by atoms with Gasteiger partial charge in [-0.15, -0.1) is 0 Å². The summed E-state index contributed by atoms with van der Waals surface area (Å²) >= 11 is 0. The molecule has 1 atom stereocenters. The van der Waals surface area contributed by atoms with E-state index in [4.69, 9.17) is 9.15 Å². The Morgan fingerprint density at radius 1 is 1.26 bits per heavy atom. The highest BCUT2D eigenvalue weighted by atomic mass is 16.5. The number of methoxy groups -OCH3 is 1. The van der Waals surface area contributed by atoms with Gasteiger partial charge in [0.2, 0.25) is 5.91 Å². The Labute approximate surface area is 182 Å². The predicted octanol–water partition coefficient (Wildman–Crippen LogP) is 2.81. The molecule has 0 fully saturated rings. The van der Waals surface area contributed by atoms with Gasteiger partial charge in [-0.2, -0.15) is 5.10 Å². The lowest BCUT2D eigenvalue weighted by Crippen LogP contribution is -2.44. The Hall–Kier alpha value is -3.13. The molecule has 2 amide bonds. The van der Waals surface area contributed by atoms with Crippen LogP contribution in [0.15, 0.2) is 52.2 Å². The van der Waals surface area contributed by atoms with Gasteiger partial charge in [0.1, 0.15) is 17.6 Å². The number of benzene rings is 1. The Morgan fingerprint density at radius 2 is 2.00 bits per heavy atom. The zero-order valence-electron chi connectivity index (χ0n) is 18.5. The smallest absolute Gasteiger partial charge is 0.257 e. The van der Waals surface area contributed by atoms with Crippen LogP contribution < -0.4 is 10.1 Å². The third kappa shape index (κ3) is 5.73. The molecule has 0 aliphatic carbocycles. The first-order valence-electron chi connectivity index (χ1n) is 10.5. The maximum absolute atomic E-state index is 13.2. The minimum atomic E-state index is -0.317. The van der Waals surface area contributed by atoms with Gasteiger partial charge >= 0.3 is 0 Å². The molecule has 1 aliphatic rings. The fourth-order valence-electron chi connectivity index (χ4n) is 3.51. The van der Waals surface area contributed by atoms with Crippen molar-refractivity contribution >= 4 is 17.5 Å². The lowest BCUT2D eigenvalue weighted by Gasteiger charge is -2.25. The fourth-order valence-corrected chi connectivity index (χ4v) is 3.51. The van der Waals surface area contributed by atoms with Gasteiger partial charge in [0.15, 0.2) is 0 Å². The summed E-state index contributed by atoms with van der Waals surface area (Å²) in [6, 6.07) is 11.0. The molecule has 8 heteroatoms. The Balaban J connectivity index is 1.77. The van der Waals surface area contributed by atoms with E-state index in [1.54, 1.807) is 24.3 Å². The maximum Gasteiger partial charge on any atom is 0.257 e. The van der Waals surface area contributed by atoms with Crippen LogP contribution in [0.4, 0.5) is 0 Å². The Bertz CT molecular complexity index is 906. The highest BCUT2D eigenvalue weighted by Gasteiger charge is 2.35. The van der Waals surface area contributed by atoms with Crippen molar-refractivity contribution < 1.29 is 18.7 Å². The summed E-state index contributed by atoms with van der Waals surface area (Å²) in [7, 11) is 1.62. The van der Waals surface area contributed by atoms with E-state index in [2.05, 4.69) is 10.4 Å². The largest absolute Gasteiger partial charge is 0.497 e. The van der Waals surface area contributed by atoms with E-state index in [1.165, 1.54) is 5.01 Å². The topological polar surface area (TPSA) is 87.4 Å². The van der Waals surface area contributed by atoms with Crippen LogP contribution in [0.25, 0.3) is 0 Å². The number of ether oxygens (including phenoxy) is 1. The SMILES string of the molecule is CCN(CC(=O)NC(C)C)CC(=O)N1N=C(c2ccc(OC)cc2)C[C@H]1c1ccco1. The predicted molar refractivity (Wildman–Crippen MR) is 118 cm³/mol. The van der Waals surface area contributed by atoms with Gasteiger partial charge in [-0.25, -0.2) is 5.01 Å². The Kier molecular flexibility index (Phi) is 7.46. The molecule has 2 aromatic rings. The molecule has 2 heterocycles. The molecule has 0 saturated heterocycles. The number of nitrogens with one attached hydrogen (secondary N) is 1. The lowest BCUT2D eigenvalue weighted by molar-refractivity contribution is -0.135. The summed E-state index contributed by atoms with van der Waals surface area (Å²) in [4.78, 5) is 27.1. The van der Waals surface area contributed by atoms with Crippen molar-refractivity contribution in [3.05, 3.63) is 54.0 Å². The zero-order chi connectivity index (χ0) is 22.4. The molecular formula is C23H30N4O4. The molecule has 0 radical (unpaired) electrons. The average molecular weight is 427 g/mol. The number of nitrogens with zero attached hydrogens (tertiary/aromatic N) is 3. The van der Waals surface area contributed by atoms with Gasteiger partial charge in [-0.3, -0.25) is 14.5 Å². The molecule has 0 unspecified atom stereocenters. The molecule has 0 spiro atoms. The standard InChI is InChI=1S/C23H30N4O4/c1-5-26(14-22(28)24-16(2)3)15-23(29)27-20(21-7-6-12-31-21)13-19(25-27)17-8-10-18(30-4)11-9-17/h6-12,16,20H,5,13-15H2,1-4H3,(H,24,28)/t20-/m0/s1. The first-order valence-corrected chi connectivity index (χ1v) is 10.5. The maximum atomic E-state index is 13.2. The van der Waals surface area contributed by atoms with E-state index in [0.29, 0.717) is 18.7 Å². The minimum absolute atomic E-state index is 0.0560. The summed E-state index contributed by atoms with van der Waals surface area (Å²) in [6.07, 6.45) is 2.14. The van der Waals surface area contributed by atoms with Gasteiger partial charge in [-0.05, 0) is 62.4 Å². The molecule has 31 heavy (non-hydrogen) atoms. The van der Waals surface area contributed by atoms with Crippen molar-refractivity contribution in [2.75, 3.05) is 26.7 Å². The van der Waals surface area contributed by atoms with E-state index in [9.17, 15) is 9.59 Å². The van der Waals surface area contributed by atoms with Crippen LogP contribution in [0.2, 0.25) is 0 Å². The normalized spacial score (nSPS) is 16.0. The quantitative estimate of drug-likeness (QED) is 0.666. The molecule has 8 nitrogen and oxygen atoms in total.